The van der Waals surface area contributed by atoms with E-state index in [2.05, 4.69) is 66.0 Å². The maximum Gasteiger partial charge on any atom is 0.0946 e. The molecule has 0 bridgehead atoms. The maximum atomic E-state index is 11.0. The average molecular weight is 394 g/mol. The van der Waals surface area contributed by atoms with Crippen molar-refractivity contribution in [3.63, 3.8) is 0 Å². The van der Waals surface area contributed by atoms with Gasteiger partial charge in [-0.2, -0.15) is 0 Å². The first kappa shape index (κ1) is 20.1. The summed E-state index contributed by atoms with van der Waals surface area (Å²) >= 11 is 0. The number of benzene rings is 4. The van der Waals surface area contributed by atoms with Gasteiger partial charge in [-0.1, -0.05) is 115 Å². The molecule has 0 saturated carbocycles. The van der Waals surface area contributed by atoms with E-state index in [9.17, 15) is 5.11 Å². The van der Waals surface area contributed by atoms with E-state index in [1.807, 2.05) is 54.6 Å². The van der Waals surface area contributed by atoms with Crippen LogP contribution in [0.4, 0.5) is 0 Å². The van der Waals surface area contributed by atoms with Crippen LogP contribution in [0.25, 0.3) is 11.1 Å². The molecule has 0 fully saturated rings. The molecule has 4 aromatic carbocycles. The second kappa shape index (κ2) is 10.0. The van der Waals surface area contributed by atoms with Gasteiger partial charge in [0.15, 0.2) is 0 Å². The Labute approximate surface area is 178 Å². The van der Waals surface area contributed by atoms with Crippen LogP contribution in [0.3, 0.4) is 0 Å². The van der Waals surface area contributed by atoms with E-state index in [0.717, 1.165) is 12.0 Å². The van der Waals surface area contributed by atoms with Gasteiger partial charge in [0.2, 0.25) is 0 Å². The molecule has 0 aliphatic heterocycles. The van der Waals surface area contributed by atoms with Gasteiger partial charge in [-0.3, -0.25) is 0 Å². The summed E-state index contributed by atoms with van der Waals surface area (Å²) in [4.78, 5) is 0. The van der Waals surface area contributed by atoms with Crippen LogP contribution in [-0.4, -0.2) is 11.1 Å². The van der Waals surface area contributed by atoms with Crippen molar-refractivity contribution in [3.05, 3.63) is 132 Å². The predicted molar refractivity (Wildman–Crippen MR) is 124 cm³/mol. The van der Waals surface area contributed by atoms with Gasteiger partial charge in [-0.05, 0) is 34.2 Å². The number of rotatable bonds is 8. The van der Waals surface area contributed by atoms with Crippen LogP contribution in [0, 0.1) is 0 Å². The first-order chi connectivity index (χ1) is 14.8. The van der Waals surface area contributed by atoms with Crippen molar-refractivity contribution in [3.8, 4) is 11.1 Å². The van der Waals surface area contributed by atoms with Gasteiger partial charge in [-0.15, -0.1) is 0 Å². The second-order valence-corrected chi connectivity index (χ2v) is 7.60. The lowest BCUT2D eigenvalue weighted by Crippen LogP contribution is -2.36. The summed E-state index contributed by atoms with van der Waals surface area (Å²) in [7, 11) is 0. The van der Waals surface area contributed by atoms with Crippen molar-refractivity contribution >= 4 is 0 Å². The molecular formula is C28H27NO. The molecule has 0 radical (unpaired) electrons. The number of aliphatic hydroxyl groups excluding tert-OH is 1. The molecule has 30 heavy (non-hydrogen) atoms. The predicted octanol–water partition coefficient (Wildman–Crippen LogP) is 5.79. The molecule has 0 aliphatic rings. The fraction of sp³-hybridized carbons (Fsp3) is 0.143. The largest absolute Gasteiger partial charge is 0.387 e. The smallest absolute Gasteiger partial charge is 0.0946 e. The lowest BCUT2D eigenvalue weighted by Gasteiger charge is -2.25. The third kappa shape index (κ3) is 5.24. The Balaban J connectivity index is 1.47. The Hall–Kier alpha value is -3.20. The van der Waals surface area contributed by atoms with Crippen LogP contribution in [0.2, 0.25) is 0 Å². The average Bonchev–Trinajstić information content (AvgIpc) is 2.83. The van der Waals surface area contributed by atoms with E-state index in [0.29, 0.717) is 6.54 Å². The standard InChI is InChI=1S/C28H27NO/c30-28(26-14-8-3-9-15-26)27(20-22-10-4-1-5-11-22)29-21-23-16-18-25(19-17-23)24-12-6-2-7-13-24/h1-19,27-30H,20-21H2/t27-,28+/m1/s1. The van der Waals surface area contributed by atoms with E-state index in [1.165, 1.54) is 22.3 Å². The molecule has 2 heteroatoms. The summed E-state index contributed by atoms with van der Waals surface area (Å²) in [6, 6.07) is 39.2. The van der Waals surface area contributed by atoms with Gasteiger partial charge in [0, 0.05) is 12.6 Å². The molecule has 0 aliphatic carbocycles. The zero-order valence-corrected chi connectivity index (χ0v) is 17.0. The maximum absolute atomic E-state index is 11.0. The summed E-state index contributed by atoms with van der Waals surface area (Å²) in [6.07, 6.45) is 0.189. The molecule has 0 unspecified atom stereocenters. The van der Waals surface area contributed by atoms with Gasteiger partial charge in [0.1, 0.15) is 0 Å². The van der Waals surface area contributed by atoms with Crippen LogP contribution >= 0.6 is 0 Å². The summed E-state index contributed by atoms with van der Waals surface area (Å²) in [5.41, 5.74) is 5.78. The van der Waals surface area contributed by atoms with E-state index in [4.69, 9.17) is 0 Å². The van der Waals surface area contributed by atoms with Crippen LogP contribution in [0.15, 0.2) is 115 Å². The quantitative estimate of drug-likeness (QED) is 0.397. The zero-order valence-electron chi connectivity index (χ0n) is 17.0. The Morgan fingerprint density at radius 2 is 1.10 bits per heavy atom. The topological polar surface area (TPSA) is 32.3 Å². The van der Waals surface area contributed by atoms with Gasteiger partial charge >= 0.3 is 0 Å². The lowest BCUT2D eigenvalue weighted by atomic mass is 9.95. The molecule has 4 rings (SSSR count). The van der Waals surface area contributed by atoms with Crippen LogP contribution in [-0.2, 0) is 13.0 Å². The highest BCUT2D eigenvalue weighted by Crippen LogP contribution is 2.22. The molecule has 0 heterocycles. The van der Waals surface area contributed by atoms with Gasteiger partial charge in [0.25, 0.3) is 0 Å². The highest BCUT2D eigenvalue weighted by atomic mass is 16.3. The van der Waals surface area contributed by atoms with Crippen molar-refractivity contribution < 1.29 is 5.11 Å². The first-order valence-electron chi connectivity index (χ1n) is 10.4. The molecular weight excluding hydrogens is 366 g/mol. The number of hydrogen-bond donors (Lipinski definition) is 2. The zero-order chi connectivity index (χ0) is 20.6. The Morgan fingerprint density at radius 1 is 0.567 bits per heavy atom. The molecule has 2 atom stereocenters. The van der Waals surface area contributed by atoms with Gasteiger partial charge in [-0.25, -0.2) is 0 Å². The van der Waals surface area contributed by atoms with Gasteiger partial charge < -0.3 is 10.4 Å². The number of nitrogens with one attached hydrogen (secondary N) is 1. The van der Waals surface area contributed by atoms with E-state index < -0.39 is 6.10 Å². The molecule has 0 amide bonds. The third-order valence-corrected chi connectivity index (χ3v) is 5.45. The molecule has 0 saturated heterocycles. The van der Waals surface area contributed by atoms with Crippen LogP contribution < -0.4 is 5.32 Å². The second-order valence-electron chi connectivity index (χ2n) is 7.60. The van der Waals surface area contributed by atoms with Gasteiger partial charge in [0.05, 0.1) is 6.10 Å². The molecule has 4 aromatic rings. The minimum Gasteiger partial charge on any atom is -0.387 e. The fourth-order valence-electron chi connectivity index (χ4n) is 3.74. The van der Waals surface area contributed by atoms with Crippen molar-refractivity contribution in [1.82, 2.24) is 5.32 Å². The lowest BCUT2D eigenvalue weighted by molar-refractivity contribution is 0.127. The van der Waals surface area contributed by atoms with E-state index in [1.54, 1.807) is 0 Å². The molecule has 0 aromatic heterocycles. The number of hydrogen-bond acceptors (Lipinski definition) is 2. The summed E-state index contributed by atoms with van der Waals surface area (Å²) in [5.74, 6) is 0. The van der Waals surface area contributed by atoms with Crippen molar-refractivity contribution in [2.24, 2.45) is 0 Å². The third-order valence-electron chi connectivity index (χ3n) is 5.45. The summed E-state index contributed by atoms with van der Waals surface area (Å²) in [5, 5.41) is 14.6. The number of aliphatic hydroxyl groups is 1. The van der Waals surface area contributed by atoms with Crippen molar-refractivity contribution in [1.29, 1.82) is 0 Å². The molecule has 0 spiro atoms. The highest BCUT2D eigenvalue weighted by Gasteiger charge is 2.21. The summed E-state index contributed by atoms with van der Waals surface area (Å²) in [6.45, 7) is 0.705. The molecule has 2 nitrogen and oxygen atoms in total. The van der Waals surface area contributed by atoms with Crippen molar-refractivity contribution in [2.45, 2.75) is 25.1 Å². The Morgan fingerprint density at radius 3 is 1.73 bits per heavy atom. The van der Waals surface area contributed by atoms with E-state index >= 15 is 0 Å². The SMILES string of the molecule is O[C@@H](c1ccccc1)[C@@H](Cc1ccccc1)NCc1ccc(-c2ccccc2)cc1. The fourth-order valence-corrected chi connectivity index (χ4v) is 3.74. The first-order valence-corrected chi connectivity index (χ1v) is 10.4. The highest BCUT2D eigenvalue weighted by molar-refractivity contribution is 5.63. The normalized spacial score (nSPS) is 13.0. The van der Waals surface area contributed by atoms with Crippen molar-refractivity contribution in [2.75, 3.05) is 0 Å². The Bertz CT molecular complexity index is 1010. The van der Waals surface area contributed by atoms with E-state index in [-0.39, 0.29) is 6.04 Å². The Kier molecular flexibility index (Phi) is 6.71. The molecule has 2 N–H and O–H groups in total. The minimum atomic E-state index is -0.574. The molecule has 150 valence electrons. The summed E-state index contributed by atoms with van der Waals surface area (Å²) < 4.78 is 0. The van der Waals surface area contributed by atoms with Crippen LogP contribution in [0.1, 0.15) is 22.8 Å². The monoisotopic (exact) mass is 393 g/mol. The van der Waals surface area contributed by atoms with Crippen LogP contribution in [0.5, 0.6) is 0 Å². The minimum absolute atomic E-state index is 0.0800.